The van der Waals surface area contributed by atoms with Crippen molar-refractivity contribution >= 4 is 28.9 Å². The highest BCUT2D eigenvalue weighted by atomic mass is 35.5. The normalized spacial score (nSPS) is 17.3. The van der Waals surface area contributed by atoms with Gasteiger partial charge in [0, 0.05) is 60.8 Å². The van der Waals surface area contributed by atoms with E-state index < -0.39 is 5.60 Å². The van der Waals surface area contributed by atoms with Crippen LogP contribution in [0.3, 0.4) is 0 Å². The van der Waals surface area contributed by atoms with E-state index >= 15 is 0 Å². The lowest BCUT2D eigenvalue weighted by atomic mass is 9.77. The maximum absolute atomic E-state index is 13.1. The third kappa shape index (κ3) is 3.81. The average molecular weight is 493 g/mol. The van der Waals surface area contributed by atoms with Crippen molar-refractivity contribution in [3.8, 4) is 11.5 Å². The smallest absolute Gasteiger partial charge is 0.340 e. The second kappa shape index (κ2) is 9.44. The van der Waals surface area contributed by atoms with Crippen molar-refractivity contribution in [3.05, 3.63) is 81.9 Å². The molecule has 0 aliphatic carbocycles. The molecule has 1 spiro atoms. The van der Waals surface area contributed by atoms with Gasteiger partial charge in [-0.1, -0.05) is 29.8 Å². The Morgan fingerprint density at radius 1 is 0.971 bits per heavy atom. The Balaban J connectivity index is 1.69. The minimum atomic E-state index is -1.13. The predicted molar refractivity (Wildman–Crippen MR) is 138 cm³/mol. The van der Waals surface area contributed by atoms with Gasteiger partial charge >= 0.3 is 5.97 Å². The molecule has 7 heteroatoms. The van der Waals surface area contributed by atoms with Crippen molar-refractivity contribution in [2.24, 2.45) is 0 Å². The summed E-state index contributed by atoms with van der Waals surface area (Å²) >= 11 is 6.65. The van der Waals surface area contributed by atoms with Crippen LogP contribution in [-0.4, -0.2) is 38.8 Å². The molecule has 5 rings (SSSR count). The predicted octanol–water partition coefficient (Wildman–Crippen LogP) is 6.20. The number of hydrogen-bond donors (Lipinski definition) is 1. The van der Waals surface area contributed by atoms with E-state index in [2.05, 4.69) is 30.1 Å². The largest absolute Gasteiger partial charge is 0.456 e. The number of carbonyl (C=O) groups is 1. The number of rotatable bonds is 8. The molecule has 0 aromatic heterocycles. The fourth-order valence-electron chi connectivity index (χ4n) is 5.00. The summed E-state index contributed by atoms with van der Waals surface area (Å²) in [4.78, 5) is 15.3. The molecule has 0 fully saturated rings. The van der Waals surface area contributed by atoms with E-state index in [9.17, 15) is 4.79 Å². The van der Waals surface area contributed by atoms with Crippen LogP contribution in [0.5, 0.6) is 11.5 Å². The summed E-state index contributed by atoms with van der Waals surface area (Å²) in [6.07, 6.45) is 0. The first-order valence-electron chi connectivity index (χ1n) is 12.1. The van der Waals surface area contributed by atoms with Crippen LogP contribution in [-0.2, 0) is 15.1 Å². The number of nitrogens with one attached hydrogen (secondary N) is 1. The Morgan fingerprint density at radius 3 is 2.51 bits per heavy atom. The topological polar surface area (TPSA) is 60.0 Å². The standard InChI is InChI=1S/C28H29ClN2O4/c1-4-31(5-2)18-11-12-21-25(15-18)34-26-17-23(29)24(30-13-14-33-6-3)16-22(26)28(21)20-10-8-7-9-19(20)27(32)35-28/h7-12,15-17,30H,4-6,13-14H2,1-3H3. The van der Waals surface area contributed by atoms with E-state index in [1.165, 1.54) is 0 Å². The summed E-state index contributed by atoms with van der Waals surface area (Å²) in [6, 6.07) is 17.4. The number of carbonyl (C=O) groups excluding carboxylic acids is 1. The molecule has 0 saturated carbocycles. The Bertz CT molecular complexity index is 1270. The number of nitrogens with zero attached hydrogens (tertiary/aromatic N) is 1. The Labute approximate surface area is 210 Å². The summed E-state index contributed by atoms with van der Waals surface area (Å²) in [5.74, 6) is 0.867. The second-order valence-corrected chi connectivity index (χ2v) is 8.93. The van der Waals surface area contributed by atoms with Crippen molar-refractivity contribution in [1.82, 2.24) is 0 Å². The molecular formula is C28H29ClN2O4. The molecule has 6 nitrogen and oxygen atoms in total. The quantitative estimate of drug-likeness (QED) is 0.298. The molecule has 0 amide bonds. The average Bonchev–Trinajstić information content (AvgIpc) is 3.16. The summed E-state index contributed by atoms with van der Waals surface area (Å²) in [6.45, 7) is 9.75. The van der Waals surface area contributed by atoms with Crippen LogP contribution in [0.1, 0.15) is 47.8 Å². The van der Waals surface area contributed by atoms with Crippen molar-refractivity contribution in [3.63, 3.8) is 0 Å². The van der Waals surface area contributed by atoms with Crippen LogP contribution in [0.25, 0.3) is 0 Å². The molecule has 1 atom stereocenters. The van der Waals surface area contributed by atoms with E-state index in [1.54, 1.807) is 6.07 Å². The van der Waals surface area contributed by atoms with E-state index in [0.29, 0.717) is 41.8 Å². The maximum Gasteiger partial charge on any atom is 0.340 e. The molecule has 3 aromatic rings. The number of ether oxygens (including phenoxy) is 3. The first-order chi connectivity index (χ1) is 17.0. The van der Waals surface area contributed by atoms with Gasteiger partial charge in [0.05, 0.1) is 22.9 Å². The first kappa shape index (κ1) is 23.5. The van der Waals surface area contributed by atoms with Crippen LogP contribution in [0.4, 0.5) is 11.4 Å². The summed E-state index contributed by atoms with van der Waals surface area (Å²) in [5, 5.41) is 3.87. The van der Waals surface area contributed by atoms with Gasteiger partial charge in [-0.15, -0.1) is 0 Å². The van der Waals surface area contributed by atoms with Gasteiger partial charge < -0.3 is 24.4 Å². The van der Waals surface area contributed by atoms with E-state index in [0.717, 1.165) is 41.2 Å². The zero-order valence-corrected chi connectivity index (χ0v) is 20.9. The number of halogens is 1. The van der Waals surface area contributed by atoms with Gasteiger partial charge in [-0.2, -0.15) is 0 Å². The molecule has 0 radical (unpaired) electrons. The van der Waals surface area contributed by atoms with E-state index in [1.807, 2.05) is 49.4 Å². The van der Waals surface area contributed by atoms with Gasteiger partial charge in [0.1, 0.15) is 11.5 Å². The molecule has 35 heavy (non-hydrogen) atoms. The van der Waals surface area contributed by atoms with Crippen LogP contribution in [0.15, 0.2) is 54.6 Å². The van der Waals surface area contributed by atoms with Gasteiger partial charge in [0.25, 0.3) is 0 Å². The first-order valence-corrected chi connectivity index (χ1v) is 12.5. The van der Waals surface area contributed by atoms with E-state index in [-0.39, 0.29) is 5.97 Å². The van der Waals surface area contributed by atoms with Crippen LogP contribution in [0.2, 0.25) is 5.02 Å². The van der Waals surface area contributed by atoms with E-state index in [4.69, 9.17) is 25.8 Å². The number of hydrogen-bond acceptors (Lipinski definition) is 6. The van der Waals surface area contributed by atoms with Crippen molar-refractivity contribution < 1.29 is 19.0 Å². The second-order valence-electron chi connectivity index (χ2n) is 8.52. The summed E-state index contributed by atoms with van der Waals surface area (Å²) < 4.78 is 18.1. The minimum absolute atomic E-state index is 0.354. The number of fused-ring (bicyclic) bond motifs is 6. The van der Waals surface area contributed by atoms with Gasteiger partial charge in [-0.05, 0) is 45.0 Å². The third-order valence-electron chi connectivity index (χ3n) is 6.68. The molecule has 1 N–H and O–H groups in total. The van der Waals surface area contributed by atoms with Crippen molar-refractivity contribution in [1.29, 1.82) is 0 Å². The summed E-state index contributed by atoms with van der Waals surface area (Å²) in [7, 11) is 0. The van der Waals surface area contributed by atoms with Crippen LogP contribution in [0, 0.1) is 0 Å². The zero-order chi connectivity index (χ0) is 24.6. The lowest BCUT2D eigenvalue weighted by Gasteiger charge is -2.37. The molecule has 182 valence electrons. The van der Waals surface area contributed by atoms with Crippen molar-refractivity contribution in [2.45, 2.75) is 26.4 Å². The van der Waals surface area contributed by atoms with Crippen molar-refractivity contribution in [2.75, 3.05) is 43.1 Å². The number of benzene rings is 3. The monoisotopic (exact) mass is 492 g/mol. The molecule has 0 saturated heterocycles. The summed E-state index contributed by atoms with van der Waals surface area (Å²) in [5.41, 5.74) is 3.54. The molecule has 2 aliphatic heterocycles. The Hall–Kier alpha value is -3.22. The zero-order valence-electron chi connectivity index (χ0n) is 20.2. The van der Waals surface area contributed by atoms with Crippen LogP contribution < -0.4 is 15.0 Å². The molecule has 2 heterocycles. The SMILES string of the molecule is CCOCCNc1cc2c(cc1Cl)Oc1cc(N(CC)CC)ccc1C21OC(=O)c2ccccc21. The molecular weight excluding hydrogens is 464 g/mol. The lowest BCUT2D eigenvalue weighted by Crippen LogP contribution is -2.33. The number of esters is 1. The van der Waals surface area contributed by atoms with Crippen LogP contribution >= 0.6 is 11.6 Å². The Morgan fingerprint density at radius 2 is 1.74 bits per heavy atom. The van der Waals surface area contributed by atoms with Gasteiger partial charge in [0.2, 0.25) is 0 Å². The lowest BCUT2D eigenvalue weighted by molar-refractivity contribution is 0.0224. The maximum atomic E-state index is 13.1. The molecule has 0 bridgehead atoms. The van der Waals surface area contributed by atoms with Gasteiger partial charge in [-0.3, -0.25) is 0 Å². The fraction of sp³-hybridized carbons (Fsp3) is 0.321. The van der Waals surface area contributed by atoms with Gasteiger partial charge in [0.15, 0.2) is 5.60 Å². The third-order valence-corrected chi connectivity index (χ3v) is 6.99. The molecule has 1 unspecified atom stereocenters. The molecule has 2 aliphatic rings. The fourth-order valence-corrected chi connectivity index (χ4v) is 5.23. The highest BCUT2D eigenvalue weighted by molar-refractivity contribution is 6.33. The molecule has 3 aromatic carbocycles. The highest BCUT2D eigenvalue weighted by Gasteiger charge is 2.53. The Kier molecular flexibility index (Phi) is 6.34. The van der Waals surface area contributed by atoms with Gasteiger partial charge in [-0.25, -0.2) is 4.79 Å². The number of anilines is 2. The highest BCUT2D eigenvalue weighted by Crippen LogP contribution is 2.57. The minimum Gasteiger partial charge on any atom is -0.456 e.